The molecule has 5 nitrogen and oxygen atoms in total. The Morgan fingerprint density at radius 1 is 1.33 bits per heavy atom. The monoisotopic (exact) mass is 348 g/mol. The number of carbonyl (C=O) groups is 1. The van der Waals surface area contributed by atoms with Gasteiger partial charge in [-0.05, 0) is 43.0 Å². The highest BCUT2D eigenvalue weighted by molar-refractivity contribution is 6.31. The lowest BCUT2D eigenvalue weighted by Crippen LogP contribution is -2.38. The van der Waals surface area contributed by atoms with E-state index in [0.717, 1.165) is 25.9 Å². The fourth-order valence-corrected chi connectivity index (χ4v) is 2.80. The minimum atomic E-state index is -0.494. The van der Waals surface area contributed by atoms with E-state index in [4.69, 9.17) is 11.6 Å². The number of hydrogen-bond acceptors (Lipinski definition) is 4. The first kappa shape index (κ1) is 16.6. The fourth-order valence-electron chi connectivity index (χ4n) is 2.61. The number of nitrogens with one attached hydrogen (secondary N) is 1. The van der Waals surface area contributed by atoms with Crippen LogP contribution in [0.25, 0.3) is 0 Å². The van der Waals surface area contributed by atoms with Crippen molar-refractivity contribution < 1.29 is 9.18 Å². The summed E-state index contributed by atoms with van der Waals surface area (Å²) in [5.41, 5.74) is 0.896. The number of rotatable bonds is 3. The van der Waals surface area contributed by atoms with Crippen LogP contribution in [0.3, 0.4) is 0 Å². The summed E-state index contributed by atoms with van der Waals surface area (Å²) in [6.07, 6.45) is 3.55. The summed E-state index contributed by atoms with van der Waals surface area (Å²) < 4.78 is 13.2. The number of amides is 1. The van der Waals surface area contributed by atoms with E-state index in [1.165, 1.54) is 24.4 Å². The predicted octanol–water partition coefficient (Wildman–Crippen LogP) is 3.88. The van der Waals surface area contributed by atoms with Gasteiger partial charge in [0.05, 0.1) is 5.02 Å². The molecule has 1 aliphatic rings. The van der Waals surface area contributed by atoms with Crippen LogP contribution in [-0.4, -0.2) is 33.9 Å². The second kappa shape index (κ2) is 7.13. The van der Waals surface area contributed by atoms with Gasteiger partial charge in [-0.1, -0.05) is 18.5 Å². The number of piperidine rings is 1. The van der Waals surface area contributed by atoms with Crippen LogP contribution in [-0.2, 0) is 0 Å². The lowest BCUT2D eigenvalue weighted by Gasteiger charge is -2.30. The summed E-state index contributed by atoms with van der Waals surface area (Å²) in [6.45, 7) is 3.70. The number of benzene rings is 1. The van der Waals surface area contributed by atoms with E-state index in [2.05, 4.69) is 22.2 Å². The van der Waals surface area contributed by atoms with Gasteiger partial charge in [-0.25, -0.2) is 14.4 Å². The van der Waals surface area contributed by atoms with E-state index < -0.39 is 5.82 Å². The largest absolute Gasteiger partial charge is 0.337 e. The highest BCUT2D eigenvalue weighted by atomic mass is 35.5. The summed E-state index contributed by atoms with van der Waals surface area (Å²) in [7, 11) is 0. The molecule has 126 valence electrons. The van der Waals surface area contributed by atoms with Crippen molar-refractivity contribution in [2.24, 2.45) is 5.92 Å². The molecule has 1 aromatic heterocycles. The molecule has 1 N–H and O–H groups in total. The third kappa shape index (κ3) is 3.82. The molecule has 0 radical (unpaired) electrons. The molecule has 2 aromatic rings. The molecule has 2 heterocycles. The summed E-state index contributed by atoms with van der Waals surface area (Å²) in [5.74, 6) is 0.338. The molecule has 0 atom stereocenters. The average molecular weight is 349 g/mol. The zero-order valence-electron chi connectivity index (χ0n) is 13.3. The van der Waals surface area contributed by atoms with Crippen LogP contribution in [0.4, 0.5) is 16.0 Å². The van der Waals surface area contributed by atoms with Crippen molar-refractivity contribution in [1.29, 1.82) is 0 Å². The quantitative estimate of drug-likeness (QED) is 0.914. The van der Waals surface area contributed by atoms with Gasteiger partial charge in [-0.3, -0.25) is 4.79 Å². The second-order valence-corrected chi connectivity index (χ2v) is 6.40. The van der Waals surface area contributed by atoms with E-state index >= 15 is 0 Å². The van der Waals surface area contributed by atoms with Gasteiger partial charge in [0, 0.05) is 25.0 Å². The summed E-state index contributed by atoms with van der Waals surface area (Å²) in [5, 5.41) is 2.94. The molecule has 7 heteroatoms. The first-order valence-corrected chi connectivity index (χ1v) is 8.25. The summed E-state index contributed by atoms with van der Waals surface area (Å²) >= 11 is 5.76. The molecule has 1 aromatic carbocycles. The van der Waals surface area contributed by atoms with Gasteiger partial charge >= 0.3 is 0 Å². The highest BCUT2D eigenvalue weighted by Gasteiger charge is 2.22. The van der Waals surface area contributed by atoms with Crippen LogP contribution in [0.15, 0.2) is 30.5 Å². The van der Waals surface area contributed by atoms with E-state index in [1.807, 2.05) is 4.90 Å². The van der Waals surface area contributed by atoms with Gasteiger partial charge in [0.2, 0.25) is 5.95 Å². The predicted molar refractivity (Wildman–Crippen MR) is 91.0 cm³/mol. The van der Waals surface area contributed by atoms with Gasteiger partial charge in [0.1, 0.15) is 11.5 Å². The number of aromatic nitrogens is 2. The van der Waals surface area contributed by atoms with Crippen LogP contribution in [0.5, 0.6) is 0 Å². The standard InChI is InChI=1S/C17H18ClFN4O/c1-11-5-8-23(9-6-11)16(24)15-4-7-20-17(22-15)21-12-2-3-14(19)13(18)10-12/h2-4,7,10-11H,5-6,8-9H2,1H3,(H,20,21,22). The maximum absolute atomic E-state index is 13.2. The second-order valence-electron chi connectivity index (χ2n) is 5.99. The number of likely N-dealkylation sites (tertiary alicyclic amines) is 1. The maximum Gasteiger partial charge on any atom is 0.272 e. The number of nitrogens with zero attached hydrogens (tertiary/aromatic N) is 3. The van der Waals surface area contributed by atoms with E-state index in [1.54, 1.807) is 6.07 Å². The summed E-state index contributed by atoms with van der Waals surface area (Å²) in [6, 6.07) is 5.84. The van der Waals surface area contributed by atoms with E-state index in [-0.39, 0.29) is 16.9 Å². The lowest BCUT2D eigenvalue weighted by molar-refractivity contribution is 0.0691. The Bertz CT molecular complexity index is 747. The molecule has 3 rings (SSSR count). The van der Waals surface area contributed by atoms with Crippen molar-refractivity contribution in [3.8, 4) is 0 Å². The van der Waals surface area contributed by atoms with Crippen LogP contribution >= 0.6 is 11.6 Å². The number of carbonyl (C=O) groups excluding carboxylic acids is 1. The van der Waals surface area contributed by atoms with Crippen molar-refractivity contribution in [2.45, 2.75) is 19.8 Å². The topological polar surface area (TPSA) is 58.1 Å². The minimum absolute atomic E-state index is 0.00895. The normalized spacial score (nSPS) is 15.4. The van der Waals surface area contributed by atoms with Crippen molar-refractivity contribution >= 4 is 29.1 Å². The molecule has 1 amide bonds. The van der Waals surface area contributed by atoms with E-state index in [0.29, 0.717) is 17.3 Å². The molecule has 0 unspecified atom stereocenters. The minimum Gasteiger partial charge on any atom is -0.337 e. The molecule has 1 saturated heterocycles. The molecule has 1 fully saturated rings. The molecule has 24 heavy (non-hydrogen) atoms. The Balaban J connectivity index is 1.73. The van der Waals surface area contributed by atoms with Crippen LogP contribution in [0.2, 0.25) is 5.02 Å². The van der Waals surface area contributed by atoms with Gasteiger partial charge < -0.3 is 10.2 Å². The highest BCUT2D eigenvalue weighted by Crippen LogP contribution is 2.22. The molecule has 0 bridgehead atoms. The SMILES string of the molecule is CC1CCN(C(=O)c2ccnc(Nc3ccc(F)c(Cl)c3)n2)CC1. The number of halogens is 2. The molecular formula is C17H18ClFN4O. The molecule has 0 aliphatic carbocycles. The maximum atomic E-state index is 13.2. The Kier molecular flexibility index (Phi) is 4.94. The Morgan fingerprint density at radius 2 is 2.08 bits per heavy atom. The average Bonchev–Trinajstić information content (AvgIpc) is 2.58. The van der Waals surface area contributed by atoms with Gasteiger partial charge in [0.25, 0.3) is 5.91 Å². The van der Waals surface area contributed by atoms with Gasteiger partial charge in [-0.2, -0.15) is 0 Å². The summed E-state index contributed by atoms with van der Waals surface area (Å²) in [4.78, 5) is 22.7. The smallest absolute Gasteiger partial charge is 0.272 e. The third-order valence-corrected chi connectivity index (χ3v) is 4.41. The molecule has 1 aliphatic heterocycles. The molecule has 0 spiro atoms. The molecule has 0 saturated carbocycles. The Labute approximate surface area is 144 Å². The lowest BCUT2D eigenvalue weighted by atomic mass is 9.99. The third-order valence-electron chi connectivity index (χ3n) is 4.12. The first-order chi connectivity index (χ1) is 11.5. The first-order valence-electron chi connectivity index (χ1n) is 7.87. The number of hydrogen-bond donors (Lipinski definition) is 1. The van der Waals surface area contributed by atoms with Crippen molar-refractivity contribution in [2.75, 3.05) is 18.4 Å². The molecular weight excluding hydrogens is 331 g/mol. The van der Waals surface area contributed by atoms with Crippen molar-refractivity contribution in [3.05, 3.63) is 47.0 Å². The Morgan fingerprint density at radius 3 is 2.79 bits per heavy atom. The zero-order chi connectivity index (χ0) is 17.1. The van der Waals surface area contributed by atoms with Crippen LogP contribution in [0, 0.1) is 11.7 Å². The van der Waals surface area contributed by atoms with Crippen LogP contribution in [0.1, 0.15) is 30.3 Å². The van der Waals surface area contributed by atoms with E-state index in [9.17, 15) is 9.18 Å². The van der Waals surface area contributed by atoms with Crippen molar-refractivity contribution in [1.82, 2.24) is 14.9 Å². The Hall–Kier alpha value is -2.21. The van der Waals surface area contributed by atoms with Crippen LogP contribution < -0.4 is 5.32 Å². The zero-order valence-corrected chi connectivity index (χ0v) is 14.1. The van der Waals surface area contributed by atoms with Crippen molar-refractivity contribution in [3.63, 3.8) is 0 Å². The number of anilines is 2. The fraction of sp³-hybridized carbons (Fsp3) is 0.353. The van der Waals surface area contributed by atoms with Gasteiger partial charge in [0.15, 0.2) is 0 Å². The van der Waals surface area contributed by atoms with Gasteiger partial charge in [-0.15, -0.1) is 0 Å².